The number of aromatic nitrogens is 2. The van der Waals surface area contributed by atoms with E-state index < -0.39 is 0 Å². The number of nitrogens with zero attached hydrogens (tertiary/aromatic N) is 2. The Kier molecular flexibility index (Phi) is 4.44. The van der Waals surface area contributed by atoms with Gasteiger partial charge in [0.05, 0.1) is 5.69 Å². The first-order valence-corrected chi connectivity index (χ1v) is 11.2. The van der Waals surface area contributed by atoms with Crippen LogP contribution in [0.5, 0.6) is 0 Å². The van der Waals surface area contributed by atoms with Crippen LogP contribution in [0.25, 0.3) is 50.1 Å². The van der Waals surface area contributed by atoms with Gasteiger partial charge in [-0.2, -0.15) is 0 Å². The molecule has 4 aromatic carbocycles. The highest BCUT2D eigenvalue weighted by molar-refractivity contribution is 6.06. The lowest BCUT2D eigenvalue weighted by Crippen LogP contribution is -2.04. The Bertz CT molecular complexity index is 1640. The lowest BCUT2D eigenvalue weighted by molar-refractivity contribution is 0.669. The summed E-state index contributed by atoms with van der Waals surface area (Å²) in [6.45, 7) is 6.58. The number of furan rings is 1. The first-order valence-electron chi connectivity index (χ1n) is 11.2. The van der Waals surface area contributed by atoms with Crippen molar-refractivity contribution in [3.63, 3.8) is 0 Å². The Balaban J connectivity index is 1.56. The Labute approximate surface area is 192 Å². The fraction of sp³-hybridized carbons (Fsp3) is 0.100. The van der Waals surface area contributed by atoms with E-state index in [0.29, 0.717) is 0 Å². The third kappa shape index (κ3) is 3.08. The first kappa shape index (κ1) is 19.6. The molecule has 0 aliphatic rings. The molecule has 3 heteroatoms. The molecule has 33 heavy (non-hydrogen) atoms. The monoisotopic (exact) mass is 428 g/mol. The molecule has 0 amide bonds. The number of hydrogen-bond acceptors (Lipinski definition) is 2. The van der Waals surface area contributed by atoms with Crippen LogP contribution in [0.1, 0.15) is 16.7 Å². The highest BCUT2D eigenvalue weighted by Crippen LogP contribution is 2.38. The molecule has 0 atom stereocenters. The topological polar surface area (TPSA) is 31.0 Å². The zero-order valence-electron chi connectivity index (χ0n) is 19.0. The second-order valence-corrected chi connectivity index (χ2v) is 8.66. The molecule has 0 bridgehead atoms. The van der Waals surface area contributed by atoms with E-state index in [9.17, 15) is 0 Å². The van der Waals surface area contributed by atoms with Crippen LogP contribution in [-0.2, 0) is 0 Å². The number of hydrogen-bond donors (Lipinski definition) is 0. The van der Waals surface area contributed by atoms with Gasteiger partial charge in [0, 0.05) is 28.7 Å². The van der Waals surface area contributed by atoms with Crippen molar-refractivity contribution in [3.8, 4) is 28.2 Å². The SMILES string of the molecule is Cc1cc(C)c(-n2ccnc2-c2ccccc2)c(C)c1-c1ccc2c(c1)oc1ccccc12. The molecule has 0 N–H and O–H groups in total. The van der Waals surface area contributed by atoms with Gasteiger partial charge in [-0.1, -0.05) is 60.7 Å². The van der Waals surface area contributed by atoms with Crippen molar-refractivity contribution in [1.29, 1.82) is 0 Å². The third-order valence-corrected chi connectivity index (χ3v) is 6.51. The van der Waals surface area contributed by atoms with Crippen LogP contribution < -0.4 is 0 Å². The Morgan fingerprint density at radius 2 is 1.45 bits per heavy atom. The van der Waals surface area contributed by atoms with Crippen molar-refractivity contribution >= 4 is 21.9 Å². The minimum Gasteiger partial charge on any atom is -0.456 e. The molecule has 0 saturated carbocycles. The van der Waals surface area contributed by atoms with E-state index in [0.717, 1.165) is 33.3 Å². The average molecular weight is 429 g/mol. The van der Waals surface area contributed by atoms with E-state index in [-0.39, 0.29) is 0 Å². The summed E-state index contributed by atoms with van der Waals surface area (Å²) >= 11 is 0. The highest BCUT2D eigenvalue weighted by Gasteiger charge is 2.18. The van der Waals surface area contributed by atoms with E-state index in [2.05, 4.69) is 97.2 Å². The lowest BCUT2D eigenvalue weighted by Gasteiger charge is -2.20. The van der Waals surface area contributed by atoms with Gasteiger partial charge < -0.3 is 4.42 Å². The zero-order valence-corrected chi connectivity index (χ0v) is 19.0. The average Bonchev–Trinajstić information content (AvgIpc) is 3.44. The van der Waals surface area contributed by atoms with Gasteiger partial charge in [-0.25, -0.2) is 4.98 Å². The van der Waals surface area contributed by atoms with Crippen molar-refractivity contribution in [1.82, 2.24) is 9.55 Å². The summed E-state index contributed by atoms with van der Waals surface area (Å²) in [7, 11) is 0. The normalized spacial score (nSPS) is 11.5. The number of benzene rings is 4. The van der Waals surface area contributed by atoms with Crippen LogP contribution >= 0.6 is 0 Å². The van der Waals surface area contributed by atoms with Crippen LogP contribution in [0.15, 0.2) is 95.7 Å². The Morgan fingerprint density at radius 3 is 2.30 bits per heavy atom. The molecule has 6 aromatic rings. The smallest absolute Gasteiger partial charge is 0.144 e. The van der Waals surface area contributed by atoms with Gasteiger partial charge in [0.2, 0.25) is 0 Å². The van der Waals surface area contributed by atoms with Crippen LogP contribution in [0, 0.1) is 20.8 Å². The summed E-state index contributed by atoms with van der Waals surface area (Å²) < 4.78 is 8.39. The van der Waals surface area contributed by atoms with Gasteiger partial charge in [-0.3, -0.25) is 4.57 Å². The number of imidazole rings is 1. The summed E-state index contributed by atoms with van der Waals surface area (Å²) in [4.78, 5) is 4.68. The quantitative estimate of drug-likeness (QED) is 0.286. The fourth-order valence-electron chi connectivity index (χ4n) is 5.16. The zero-order chi connectivity index (χ0) is 22.5. The van der Waals surface area contributed by atoms with Gasteiger partial charge in [-0.15, -0.1) is 0 Å². The van der Waals surface area contributed by atoms with Crippen LogP contribution in [-0.4, -0.2) is 9.55 Å². The van der Waals surface area contributed by atoms with Crippen molar-refractivity contribution in [3.05, 3.63) is 108 Å². The maximum atomic E-state index is 6.18. The number of para-hydroxylation sites is 1. The molecular formula is C30H24N2O. The summed E-state index contributed by atoms with van der Waals surface area (Å²) in [6, 6.07) is 27.4. The maximum absolute atomic E-state index is 6.18. The predicted octanol–water partition coefficient (Wildman–Crippen LogP) is 8.03. The lowest BCUT2D eigenvalue weighted by atomic mass is 9.91. The minimum atomic E-state index is 0.919. The molecule has 2 aromatic heterocycles. The molecule has 0 unspecified atom stereocenters. The van der Waals surface area contributed by atoms with E-state index >= 15 is 0 Å². The van der Waals surface area contributed by atoms with Crippen molar-refractivity contribution in [2.24, 2.45) is 0 Å². The van der Waals surface area contributed by atoms with Crippen molar-refractivity contribution in [2.75, 3.05) is 0 Å². The molecule has 3 nitrogen and oxygen atoms in total. The molecule has 0 saturated heterocycles. The van der Waals surface area contributed by atoms with E-state index in [1.165, 1.54) is 33.5 Å². The number of rotatable bonds is 3. The van der Waals surface area contributed by atoms with Gasteiger partial charge in [0.1, 0.15) is 17.0 Å². The van der Waals surface area contributed by atoms with Gasteiger partial charge in [-0.05, 0) is 66.8 Å². The fourth-order valence-corrected chi connectivity index (χ4v) is 5.16. The molecule has 0 fully saturated rings. The molecular weight excluding hydrogens is 404 g/mol. The Hall–Kier alpha value is -4.11. The second kappa shape index (κ2) is 7.49. The molecule has 0 spiro atoms. The van der Waals surface area contributed by atoms with Crippen molar-refractivity contribution in [2.45, 2.75) is 20.8 Å². The van der Waals surface area contributed by atoms with Crippen molar-refractivity contribution < 1.29 is 4.42 Å². The van der Waals surface area contributed by atoms with E-state index in [4.69, 9.17) is 4.42 Å². The van der Waals surface area contributed by atoms with E-state index in [1.807, 2.05) is 24.4 Å². The molecule has 0 aliphatic heterocycles. The first-order chi connectivity index (χ1) is 16.1. The highest BCUT2D eigenvalue weighted by atomic mass is 16.3. The number of fused-ring (bicyclic) bond motifs is 3. The summed E-state index contributed by atoms with van der Waals surface area (Å²) in [5.41, 5.74) is 10.3. The molecule has 0 radical (unpaired) electrons. The predicted molar refractivity (Wildman–Crippen MR) is 136 cm³/mol. The summed E-state index contributed by atoms with van der Waals surface area (Å²) in [6.07, 6.45) is 3.93. The van der Waals surface area contributed by atoms with Crippen LogP contribution in [0.3, 0.4) is 0 Å². The molecule has 6 rings (SSSR count). The van der Waals surface area contributed by atoms with Gasteiger partial charge >= 0.3 is 0 Å². The largest absolute Gasteiger partial charge is 0.456 e. The molecule has 2 heterocycles. The number of aryl methyl sites for hydroxylation is 2. The Morgan fingerprint density at radius 1 is 0.697 bits per heavy atom. The second-order valence-electron chi connectivity index (χ2n) is 8.66. The summed E-state index contributed by atoms with van der Waals surface area (Å²) in [5.74, 6) is 0.948. The maximum Gasteiger partial charge on any atom is 0.144 e. The standard InChI is InChI=1S/C30H24N2O/c1-19-17-20(2)29(32-16-15-31-30(32)22-9-5-4-6-10-22)21(3)28(19)23-13-14-25-24-11-7-8-12-26(24)33-27(25)18-23/h4-18H,1-3H3. The molecule has 0 aliphatic carbocycles. The van der Waals surface area contributed by atoms with Gasteiger partial charge in [0.25, 0.3) is 0 Å². The van der Waals surface area contributed by atoms with E-state index in [1.54, 1.807) is 0 Å². The summed E-state index contributed by atoms with van der Waals surface area (Å²) in [5, 5.41) is 2.31. The van der Waals surface area contributed by atoms with Crippen LogP contribution in [0.4, 0.5) is 0 Å². The third-order valence-electron chi connectivity index (χ3n) is 6.51. The van der Waals surface area contributed by atoms with Gasteiger partial charge in [0.15, 0.2) is 0 Å². The molecule has 160 valence electrons. The van der Waals surface area contributed by atoms with Crippen LogP contribution in [0.2, 0.25) is 0 Å². The minimum absolute atomic E-state index is 0.919.